The predicted molar refractivity (Wildman–Crippen MR) is 110 cm³/mol. The Morgan fingerprint density at radius 2 is 2.04 bits per heavy atom. The lowest BCUT2D eigenvalue weighted by Crippen LogP contribution is -2.29. The highest BCUT2D eigenvalue weighted by Gasteiger charge is 2.31. The zero-order valence-electron chi connectivity index (χ0n) is 14.6. The van der Waals surface area contributed by atoms with Gasteiger partial charge in [-0.1, -0.05) is 39.7 Å². The van der Waals surface area contributed by atoms with Crippen LogP contribution in [0.5, 0.6) is 11.5 Å². The summed E-state index contributed by atoms with van der Waals surface area (Å²) in [5.74, 6) is 0.845. The Morgan fingerprint density at radius 3 is 2.62 bits per heavy atom. The molecule has 0 amide bonds. The molecular weight excluding hydrogens is 462 g/mol. The summed E-state index contributed by atoms with van der Waals surface area (Å²) in [6.07, 6.45) is 0.448. The van der Waals surface area contributed by atoms with Crippen molar-refractivity contribution in [2.45, 2.75) is 30.9 Å². The van der Waals surface area contributed by atoms with E-state index in [1.807, 2.05) is 19.6 Å². The van der Waals surface area contributed by atoms with Gasteiger partial charge in [-0.25, -0.2) is 8.93 Å². The molecule has 3 N–H and O–H groups in total. The van der Waals surface area contributed by atoms with Gasteiger partial charge in [0.15, 0.2) is 17.3 Å². The van der Waals surface area contributed by atoms with Gasteiger partial charge in [0.05, 0.1) is 9.85 Å². The summed E-state index contributed by atoms with van der Waals surface area (Å²) in [7, 11) is -2.04. The smallest absolute Gasteiger partial charge is 0.242 e. The van der Waals surface area contributed by atoms with E-state index in [2.05, 4.69) is 20.7 Å². The highest BCUT2D eigenvalue weighted by atomic mass is 79.9. The van der Waals surface area contributed by atoms with Gasteiger partial charge in [0.2, 0.25) is 25.3 Å². The molecule has 2 aromatic rings. The summed E-state index contributed by atoms with van der Waals surface area (Å²) < 4.78 is 33.9. The average Bonchev–Trinajstić information content (AvgIpc) is 2.83. The Labute approximate surface area is 169 Å². The highest BCUT2D eigenvalue weighted by Crippen LogP contribution is 2.49. The Morgan fingerprint density at radius 1 is 1.38 bits per heavy atom. The molecule has 0 aliphatic rings. The molecule has 26 heavy (non-hydrogen) atoms. The van der Waals surface area contributed by atoms with E-state index in [0.29, 0.717) is 22.8 Å². The van der Waals surface area contributed by atoms with Gasteiger partial charge in [0.25, 0.3) is 0 Å². The molecule has 0 saturated carbocycles. The van der Waals surface area contributed by atoms with Crippen molar-refractivity contribution in [3.63, 3.8) is 0 Å². The summed E-state index contributed by atoms with van der Waals surface area (Å²) in [6, 6.07) is 7.06. The van der Waals surface area contributed by atoms with Crippen molar-refractivity contribution >= 4 is 47.1 Å². The Kier molecular flexibility index (Phi) is 7.34. The summed E-state index contributed by atoms with van der Waals surface area (Å²) in [5.41, 5.74) is 0.563. The number of benzene rings is 1. The van der Waals surface area contributed by atoms with Crippen LogP contribution < -0.4 is 9.15 Å². The lowest BCUT2D eigenvalue weighted by molar-refractivity contribution is 0.438. The van der Waals surface area contributed by atoms with E-state index >= 15 is 0 Å². The minimum atomic E-state index is -2.08. The molecule has 1 aromatic heterocycles. The third-order valence-corrected chi connectivity index (χ3v) is 5.77. The Bertz CT molecular complexity index is 795. The van der Waals surface area contributed by atoms with E-state index in [0.717, 1.165) is 0 Å². The van der Waals surface area contributed by atoms with Crippen LogP contribution in [0.25, 0.3) is 11.3 Å². The van der Waals surface area contributed by atoms with E-state index in [1.165, 1.54) is 0 Å². The minimum Gasteiger partial charge on any atom is -0.539 e. The Hall–Kier alpha value is -0.843. The van der Waals surface area contributed by atoms with Crippen LogP contribution in [0.4, 0.5) is 0 Å². The first-order valence-electron chi connectivity index (χ1n) is 7.88. The van der Waals surface area contributed by atoms with Gasteiger partial charge in [-0.05, 0) is 38.2 Å². The van der Waals surface area contributed by atoms with Crippen LogP contribution in [-0.4, -0.2) is 28.7 Å². The molecule has 6 nitrogen and oxygen atoms in total. The van der Waals surface area contributed by atoms with Crippen LogP contribution >= 0.6 is 27.5 Å². The first-order valence-corrected chi connectivity index (χ1v) is 13.7. The number of aromatic hydroxyl groups is 1. The molecule has 0 aliphatic heterocycles. The lowest BCUT2D eigenvalue weighted by Gasteiger charge is -2.20. The van der Waals surface area contributed by atoms with Gasteiger partial charge in [-0.15, -0.1) is 0 Å². The summed E-state index contributed by atoms with van der Waals surface area (Å²) in [5, 5.41) is 11.2. The average molecular weight is 483 g/mol. The molecule has 10 heteroatoms. The molecule has 144 valence electrons. The summed E-state index contributed by atoms with van der Waals surface area (Å²) in [6.45, 7) is 6.27. The van der Waals surface area contributed by atoms with Crippen molar-refractivity contribution in [1.29, 1.82) is 0 Å². The van der Waals surface area contributed by atoms with Gasteiger partial charge in [-0.3, -0.25) is 4.55 Å². The topological polar surface area (TPSA) is 91.9 Å². The van der Waals surface area contributed by atoms with Crippen molar-refractivity contribution in [3.05, 3.63) is 35.0 Å². The molecule has 1 heterocycles. The molecular formula is C16H21BrClNO5SSi. The molecule has 2 rings (SSSR count). The third-order valence-electron chi connectivity index (χ3n) is 3.30. The number of furan rings is 1. The largest absolute Gasteiger partial charge is 0.539 e. The van der Waals surface area contributed by atoms with E-state index in [1.54, 1.807) is 24.3 Å². The van der Waals surface area contributed by atoms with Crippen LogP contribution in [0.3, 0.4) is 0 Å². The van der Waals surface area contributed by atoms with Crippen LogP contribution in [0.1, 0.15) is 17.0 Å². The van der Waals surface area contributed by atoms with Gasteiger partial charge in [-0.2, -0.15) is 0 Å². The zero-order chi connectivity index (χ0) is 19.5. The number of hydrogen-bond donors (Lipinski definition) is 3. The normalized spacial score (nSPS) is 14.2. The molecule has 0 spiro atoms. The van der Waals surface area contributed by atoms with Gasteiger partial charge < -0.3 is 13.9 Å². The zero-order valence-corrected chi connectivity index (χ0v) is 18.7. The van der Waals surface area contributed by atoms with E-state index in [9.17, 15) is 9.32 Å². The number of halogens is 2. The van der Waals surface area contributed by atoms with E-state index in [-0.39, 0.29) is 28.6 Å². The number of hydrogen-bond acceptors (Lipinski definition) is 4. The summed E-state index contributed by atoms with van der Waals surface area (Å²) >= 11 is 7.66. The van der Waals surface area contributed by atoms with Crippen molar-refractivity contribution in [2.24, 2.45) is 0 Å². The van der Waals surface area contributed by atoms with Gasteiger partial charge >= 0.3 is 0 Å². The molecule has 0 radical (unpaired) electrons. The SMILES string of the molecule is C[Si](C)(C)Oc1c(C(Br)CCNS(=O)O)oc(-c2ccccc2Cl)c1O. The van der Waals surface area contributed by atoms with Gasteiger partial charge in [0, 0.05) is 12.1 Å². The van der Waals surface area contributed by atoms with Crippen molar-refractivity contribution < 1.29 is 22.7 Å². The van der Waals surface area contributed by atoms with E-state index < -0.39 is 19.6 Å². The monoisotopic (exact) mass is 481 g/mol. The Balaban J connectivity index is 2.43. The fourth-order valence-electron chi connectivity index (χ4n) is 2.27. The quantitative estimate of drug-likeness (QED) is 0.277. The second-order valence-corrected chi connectivity index (χ2v) is 13.3. The van der Waals surface area contributed by atoms with Crippen molar-refractivity contribution in [3.8, 4) is 22.8 Å². The predicted octanol–water partition coefficient (Wildman–Crippen LogP) is 5.07. The fourth-order valence-corrected chi connectivity index (χ4v) is 4.12. The fraction of sp³-hybridized carbons (Fsp3) is 0.375. The molecule has 2 unspecified atom stereocenters. The number of nitrogens with one attached hydrogen (secondary N) is 1. The number of alkyl halides is 1. The van der Waals surface area contributed by atoms with Crippen molar-refractivity contribution in [1.82, 2.24) is 4.72 Å². The second kappa shape index (κ2) is 8.90. The molecule has 2 atom stereocenters. The van der Waals surface area contributed by atoms with Crippen LogP contribution in [0.2, 0.25) is 24.7 Å². The minimum absolute atomic E-state index is 0.0985. The summed E-state index contributed by atoms with van der Waals surface area (Å²) in [4.78, 5) is -0.327. The molecule has 0 fully saturated rings. The lowest BCUT2D eigenvalue weighted by atomic mass is 10.1. The second-order valence-electron chi connectivity index (χ2n) is 6.57. The van der Waals surface area contributed by atoms with Crippen molar-refractivity contribution in [2.75, 3.05) is 6.54 Å². The molecule has 0 aliphatic carbocycles. The number of rotatable bonds is 8. The van der Waals surface area contributed by atoms with Crippen LogP contribution in [-0.2, 0) is 11.3 Å². The maximum atomic E-state index is 10.7. The van der Waals surface area contributed by atoms with E-state index in [4.69, 9.17) is 25.0 Å². The maximum absolute atomic E-state index is 10.7. The first kappa shape index (κ1) is 21.5. The van der Waals surface area contributed by atoms with Crippen LogP contribution in [0.15, 0.2) is 28.7 Å². The third kappa shape index (κ3) is 5.58. The maximum Gasteiger partial charge on any atom is 0.242 e. The highest BCUT2D eigenvalue weighted by molar-refractivity contribution is 9.09. The van der Waals surface area contributed by atoms with Crippen LogP contribution in [0, 0.1) is 0 Å². The standard InChI is InChI=1S/C16H21BrClNO5SSi/c1-26(2,3)24-16-13(20)14(10-6-4-5-7-12(10)18)23-15(16)11(17)8-9-19-25(21)22/h4-7,11,19-20H,8-9H2,1-3H3,(H,21,22). The molecule has 0 bridgehead atoms. The van der Waals surface area contributed by atoms with Gasteiger partial charge in [0.1, 0.15) is 0 Å². The molecule has 0 saturated heterocycles. The first-order chi connectivity index (χ1) is 12.1. The molecule has 1 aromatic carbocycles.